The molecule has 1 aliphatic heterocycles. The maximum absolute atomic E-state index is 12.8. The maximum Gasteiger partial charge on any atom is 0.331 e. The second-order valence-electron chi connectivity index (χ2n) is 7.71. The van der Waals surface area contributed by atoms with Gasteiger partial charge < -0.3 is 18.9 Å². The molecule has 0 aromatic heterocycles. The Kier molecular flexibility index (Phi) is 8.74. The summed E-state index contributed by atoms with van der Waals surface area (Å²) in [6, 6.07) is 9.66. The molecule has 1 fully saturated rings. The van der Waals surface area contributed by atoms with Gasteiger partial charge in [-0.25, -0.2) is 4.79 Å². The molecule has 1 aromatic rings. The molecule has 30 heavy (non-hydrogen) atoms. The van der Waals surface area contributed by atoms with Gasteiger partial charge in [-0.05, 0) is 26.3 Å². The first-order valence-corrected chi connectivity index (χ1v) is 10.0. The molecule has 1 saturated heterocycles. The fourth-order valence-electron chi connectivity index (χ4n) is 3.25. The SMILES string of the molecule is CCOC(=O)/C=C1\C[C@@H](C(C)(C)C(=O)OC)O[C@H](COCc2ccccc2)CC1=O. The summed E-state index contributed by atoms with van der Waals surface area (Å²) in [6.07, 6.45) is 0.136. The summed E-state index contributed by atoms with van der Waals surface area (Å²) < 4.78 is 21.8. The minimum Gasteiger partial charge on any atom is -0.469 e. The van der Waals surface area contributed by atoms with Crippen molar-refractivity contribution in [3.8, 4) is 0 Å². The predicted molar refractivity (Wildman–Crippen MR) is 110 cm³/mol. The van der Waals surface area contributed by atoms with Crippen LogP contribution in [0.3, 0.4) is 0 Å². The van der Waals surface area contributed by atoms with Crippen molar-refractivity contribution in [1.82, 2.24) is 0 Å². The minimum atomic E-state index is -1.02. The normalized spacial score (nSPS) is 21.2. The summed E-state index contributed by atoms with van der Waals surface area (Å²) in [7, 11) is 1.31. The smallest absolute Gasteiger partial charge is 0.331 e. The quantitative estimate of drug-likeness (QED) is 0.474. The third-order valence-corrected chi connectivity index (χ3v) is 5.04. The third-order valence-electron chi connectivity index (χ3n) is 5.04. The van der Waals surface area contributed by atoms with E-state index in [1.165, 1.54) is 13.2 Å². The lowest BCUT2D eigenvalue weighted by Crippen LogP contribution is -2.42. The molecule has 2 rings (SSSR count). The summed E-state index contributed by atoms with van der Waals surface area (Å²) in [6.45, 7) is 5.86. The van der Waals surface area contributed by atoms with E-state index in [1.54, 1.807) is 20.8 Å². The van der Waals surface area contributed by atoms with Crippen molar-refractivity contribution in [1.29, 1.82) is 0 Å². The zero-order valence-electron chi connectivity index (χ0n) is 18.0. The number of benzene rings is 1. The van der Waals surface area contributed by atoms with Crippen LogP contribution in [0, 0.1) is 5.41 Å². The van der Waals surface area contributed by atoms with Crippen LogP contribution in [0.15, 0.2) is 42.0 Å². The van der Waals surface area contributed by atoms with Crippen molar-refractivity contribution in [2.24, 2.45) is 5.41 Å². The monoisotopic (exact) mass is 418 g/mol. The van der Waals surface area contributed by atoms with Gasteiger partial charge in [-0.1, -0.05) is 30.3 Å². The van der Waals surface area contributed by atoms with E-state index in [0.29, 0.717) is 6.61 Å². The zero-order chi connectivity index (χ0) is 22.1. The molecule has 0 bridgehead atoms. The number of ether oxygens (including phenoxy) is 4. The lowest BCUT2D eigenvalue weighted by molar-refractivity contribution is -0.165. The Bertz CT molecular complexity index is 767. The maximum atomic E-state index is 12.8. The van der Waals surface area contributed by atoms with Crippen LogP contribution in [0.5, 0.6) is 0 Å². The van der Waals surface area contributed by atoms with Crippen LogP contribution in [0.1, 0.15) is 39.2 Å². The van der Waals surface area contributed by atoms with Crippen LogP contribution < -0.4 is 0 Å². The second kappa shape index (κ2) is 11.0. The van der Waals surface area contributed by atoms with Crippen molar-refractivity contribution in [3.05, 3.63) is 47.5 Å². The molecule has 0 saturated carbocycles. The van der Waals surface area contributed by atoms with Gasteiger partial charge in [0, 0.05) is 24.5 Å². The minimum absolute atomic E-state index is 0.0494. The largest absolute Gasteiger partial charge is 0.469 e. The second-order valence-corrected chi connectivity index (χ2v) is 7.71. The van der Waals surface area contributed by atoms with Crippen molar-refractivity contribution in [2.75, 3.05) is 20.3 Å². The van der Waals surface area contributed by atoms with E-state index in [4.69, 9.17) is 18.9 Å². The topological polar surface area (TPSA) is 88.1 Å². The highest BCUT2D eigenvalue weighted by Gasteiger charge is 2.43. The highest BCUT2D eigenvalue weighted by Crippen LogP contribution is 2.34. The average Bonchev–Trinajstić information content (AvgIpc) is 2.87. The first-order chi connectivity index (χ1) is 14.3. The Labute approximate surface area is 177 Å². The van der Waals surface area contributed by atoms with Crippen LogP contribution in [-0.4, -0.2) is 50.3 Å². The van der Waals surface area contributed by atoms with E-state index in [2.05, 4.69) is 0 Å². The fourth-order valence-corrected chi connectivity index (χ4v) is 3.25. The standard InChI is InChI=1S/C23H30O7/c1-5-29-21(25)12-17-11-20(23(2,3)22(26)27-4)30-18(13-19(17)24)15-28-14-16-9-7-6-8-10-16/h6-10,12,18,20H,5,11,13-15H2,1-4H3/b17-12+/t18-,20-/m0/s1. The summed E-state index contributed by atoms with van der Waals surface area (Å²) in [5.41, 5.74) is 0.262. The number of methoxy groups -OCH3 is 1. The summed E-state index contributed by atoms with van der Waals surface area (Å²) in [5, 5.41) is 0. The van der Waals surface area contributed by atoms with E-state index in [9.17, 15) is 14.4 Å². The first-order valence-electron chi connectivity index (χ1n) is 10.0. The number of carbonyl (C=O) groups excluding carboxylic acids is 3. The summed E-state index contributed by atoms with van der Waals surface area (Å²) in [4.78, 5) is 37.0. The van der Waals surface area contributed by atoms with Crippen LogP contribution in [-0.2, 0) is 39.9 Å². The van der Waals surface area contributed by atoms with Gasteiger partial charge in [0.05, 0.1) is 44.6 Å². The molecule has 2 atom stereocenters. The highest BCUT2D eigenvalue weighted by atomic mass is 16.6. The Morgan fingerprint density at radius 2 is 1.90 bits per heavy atom. The molecular formula is C23H30O7. The van der Waals surface area contributed by atoms with E-state index in [1.807, 2.05) is 30.3 Å². The molecule has 164 valence electrons. The number of carbonyl (C=O) groups is 3. The molecule has 0 aliphatic carbocycles. The molecule has 1 aromatic carbocycles. The van der Waals surface area contributed by atoms with Gasteiger partial charge in [0.2, 0.25) is 0 Å². The van der Waals surface area contributed by atoms with Crippen LogP contribution in [0.4, 0.5) is 0 Å². The van der Waals surface area contributed by atoms with Crippen molar-refractivity contribution in [2.45, 2.75) is 52.4 Å². The number of hydrogen-bond donors (Lipinski definition) is 0. The van der Waals surface area contributed by atoms with E-state index >= 15 is 0 Å². The number of hydrogen-bond acceptors (Lipinski definition) is 7. The van der Waals surface area contributed by atoms with Gasteiger partial charge in [0.25, 0.3) is 0 Å². The predicted octanol–water partition coefficient (Wildman–Crippen LogP) is 3.01. The van der Waals surface area contributed by atoms with Gasteiger partial charge in [-0.2, -0.15) is 0 Å². The summed E-state index contributed by atoms with van der Waals surface area (Å²) >= 11 is 0. The van der Waals surface area contributed by atoms with Crippen molar-refractivity contribution < 1.29 is 33.3 Å². The molecular weight excluding hydrogens is 388 g/mol. The average molecular weight is 418 g/mol. The molecule has 0 radical (unpaired) electrons. The van der Waals surface area contributed by atoms with E-state index in [-0.39, 0.29) is 37.4 Å². The molecule has 0 N–H and O–H groups in total. The van der Waals surface area contributed by atoms with Crippen molar-refractivity contribution >= 4 is 17.7 Å². The molecule has 1 heterocycles. The Balaban J connectivity index is 2.18. The Morgan fingerprint density at radius 1 is 1.20 bits per heavy atom. The first kappa shape index (κ1) is 23.8. The third kappa shape index (κ3) is 6.50. The zero-order valence-corrected chi connectivity index (χ0v) is 18.0. The molecule has 0 spiro atoms. The molecule has 0 amide bonds. The van der Waals surface area contributed by atoms with Gasteiger partial charge in [-0.15, -0.1) is 0 Å². The van der Waals surface area contributed by atoms with Crippen molar-refractivity contribution in [3.63, 3.8) is 0 Å². The number of Topliss-reactive ketones (excluding diaryl/α,β-unsaturated/α-hetero) is 1. The Hall–Kier alpha value is -2.51. The molecule has 7 heteroatoms. The highest BCUT2D eigenvalue weighted by molar-refractivity contribution is 6.01. The fraction of sp³-hybridized carbons (Fsp3) is 0.522. The molecule has 7 nitrogen and oxygen atoms in total. The van der Waals surface area contributed by atoms with Crippen LogP contribution in [0.2, 0.25) is 0 Å². The Morgan fingerprint density at radius 3 is 2.53 bits per heavy atom. The number of rotatable bonds is 8. The lowest BCUT2D eigenvalue weighted by Gasteiger charge is -2.32. The summed E-state index contributed by atoms with van der Waals surface area (Å²) in [5.74, 6) is -1.27. The van der Waals surface area contributed by atoms with Gasteiger partial charge >= 0.3 is 11.9 Å². The lowest BCUT2D eigenvalue weighted by atomic mass is 9.82. The van der Waals surface area contributed by atoms with Gasteiger partial charge in [0.1, 0.15) is 0 Å². The number of esters is 2. The van der Waals surface area contributed by atoms with Gasteiger partial charge in [-0.3, -0.25) is 9.59 Å². The number of ketones is 1. The van der Waals surface area contributed by atoms with E-state index < -0.39 is 29.6 Å². The van der Waals surface area contributed by atoms with Crippen LogP contribution in [0.25, 0.3) is 0 Å². The molecule has 0 unspecified atom stereocenters. The van der Waals surface area contributed by atoms with Gasteiger partial charge in [0.15, 0.2) is 5.78 Å². The molecule has 1 aliphatic rings. The van der Waals surface area contributed by atoms with E-state index in [0.717, 1.165) is 5.56 Å². The van der Waals surface area contributed by atoms with Crippen LogP contribution >= 0.6 is 0 Å².